The first-order valence-corrected chi connectivity index (χ1v) is 5.87. The Hall–Kier alpha value is -2.72. The van der Waals surface area contributed by atoms with E-state index in [9.17, 15) is 26.3 Å². The van der Waals surface area contributed by atoms with Gasteiger partial charge in [-0.05, 0) is 12.1 Å². The van der Waals surface area contributed by atoms with Crippen LogP contribution in [0.1, 0.15) is 11.5 Å². The number of rotatable bonds is 2. The predicted molar refractivity (Wildman–Crippen MR) is 67.1 cm³/mol. The molecular weight excluding hydrogens is 328 g/mol. The molecule has 0 radical (unpaired) electrons. The van der Waals surface area contributed by atoms with Gasteiger partial charge in [-0.2, -0.15) is 31.5 Å². The van der Waals surface area contributed by atoms with E-state index in [-0.39, 0.29) is 5.69 Å². The summed E-state index contributed by atoms with van der Waals surface area (Å²) in [7, 11) is 0. The number of anilines is 1. The van der Waals surface area contributed by atoms with Crippen LogP contribution in [-0.2, 0) is 12.4 Å². The molecule has 0 bridgehead atoms. The van der Waals surface area contributed by atoms with Crippen LogP contribution in [0, 0.1) is 0 Å². The molecular formula is C12H7F6N5. The largest absolute Gasteiger partial charge is 0.451 e. The van der Waals surface area contributed by atoms with Gasteiger partial charge in [-0.25, -0.2) is 9.97 Å². The molecule has 2 aromatic rings. The Kier molecular flexibility index (Phi) is 4.21. The van der Waals surface area contributed by atoms with E-state index >= 15 is 0 Å². The first-order chi connectivity index (χ1) is 10.6. The zero-order chi connectivity index (χ0) is 17.3. The summed E-state index contributed by atoms with van der Waals surface area (Å²) < 4.78 is 76.3. The lowest BCUT2D eigenvalue weighted by atomic mass is 10.3. The van der Waals surface area contributed by atoms with Crippen LogP contribution in [-0.4, -0.2) is 9.97 Å². The highest BCUT2D eigenvalue weighted by atomic mass is 19.4. The van der Waals surface area contributed by atoms with Gasteiger partial charge < -0.3 is 5.73 Å². The lowest BCUT2D eigenvalue weighted by molar-refractivity contribution is -0.152. The Balaban J connectivity index is 2.56. The minimum atomic E-state index is -5.21. The lowest BCUT2D eigenvalue weighted by Gasteiger charge is -2.13. The van der Waals surface area contributed by atoms with Gasteiger partial charge >= 0.3 is 12.4 Å². The maximum Gasteiger partial charge on any atom is 0.451 e. The van der Waals surface area contributed by atoms with Gasteiger partial charge in [0.15, 0.2) is 17.2 Å². The van der Waals surface area contributed by atoms with Gasteiger partial charge in [-0.1, -0.05) is 18.2 Å². The van der Waals surface area contributed by atoms with Crippen LogP contribution in [0.5, 0.6) is 0 Å². The number of halogens is 6. The monoisotopic (exact) mass is 335 g/mol. The molecule has 11 heteroatoms. The van der Waals surface area contributed by atoms with Crippen molar-refractivity contribution >= 4 is 17.2 Å². The Morgan fingerprint density at radius 2 is 1.43 bits per heavy atom. The van der Waals surface area contributed by atoms with E-state index in [1.165, 1.54) is 12.1 Å². The summed E-state index contributed by atoms with van der Waals surface area (Å²) in [5, 5.41) is 6.74. The Morgan fingerprint density at radius 1 is 0.826 bits per heavy atom. The topological polar surface area (TPSA) is 76.5 Å². The summed E-state index contributed by atoms with van der Waals surface area (Å²) in [6, 6.07) is 7.59. The molecule has 2 rings (SSSR count). The van der Waals surface area contributed by atoms with E-state index in [2.05, 4.69) is 20.2 Å². The quantitative estimate of drug-likeness (QED) is 0.648. The van der Waals surface area contributed by atoms with Crippen molar-refractivity contribution in [2.75, 3.05) is 5.73 Å². The van der Waals surface area contributed by atoms with Crippen molar-refractivity contribution in [3.63, 3.8) is 0 Å². The number of benzene rings is 1. The zero-order valence-corrected chi connectivity index (χ0v) is 11.0. The minimum Gasteiger partial charge on any atom is -0.382 e. The molecule has 0 unspecified atom stereocenters. The molecule has 1 aromatic carbocycles. The van der Waals surface area contributed by atoms with Crippen LogP contribution in [0.3, 0.4) is 0 Å². The van der Waals surface area contributed by atoms with E-state index in [4.69, 9.17) is 5.73 Å². The Morgan fingerprint density at radius 3 is 1.96 bits per heavy atom. The van der Waals surface area contributed by atoms with Crippen LogP contribution >= 0.6 is 0 Å². The standard InChI is InChI=1S/C12H7F6N5/c13-11(14,15)8-7(23-22-6-4-2-1-3-5-6)9(19)21-10(20-8)12(16,17)18/h1-5H,(H2,19,20,21). The first-order valence-electron chi connectivity index (χ1n) is 5.87. The average Bonchev–Trinajstić information content (AvgIpc) is 2.44. The van der Waals surface area contributed by atoms with E-state index in [0.717, 1.165) is 0 Å². The van der Waals surface area contributed by atoms with E-state index in [1.54, 1.807) is 18.2 Å². The molecule has 0 aliphatic heterocycles. The fourth-order valence-electron chi connectivity index (χ4n) is 1.50. The number of azo groups is 1. The normalized spacial score (nSPS) is 12.8. The molecule has 0 fully saturated rings. The van der Waals surface area contributed by atoms with Crippen LogP contribution in [0.4, 0.5) is 43.5 Å². The van der Waals surface area contributed by atoms with Gasteiger partial charge in [0.25, 0.3) is 0 Å². The Labute approximate surface area is 124 Å². The molecule has 0 saturated heterocycles. The fraction of sp³-hybridized carbons (Fsp3) is 0.167. The summed E-state index contributed by atoms with van der Waals surface area (Å²) in [4.78, 5) is 5.31. The van der Waals surface area contributed by atoms with Crippen LogP contribution in [0.2, 0.25) is 0 Å². The highest BCUT2D eigenvalue weighted by molar-refractivity contribution is 5.61. The molecule has 5 nitrogen and oxygen atoms in total. The third-order valence-electron chi connectivity index (χ3n) is 2.45. The molecule has 0 aliphatic rings. The van der Waals surface area contributed by atoms with Gasteiger partial charge in [0.2, 0.25) is 5.82 Å². The summed E-state index contributed by atoms with van der Waals surface area (Å²) in [6.45, 7) is 0. The number of aromatic nitrogens is 2. The highest BCUT2D eigenvalue weighted by Crippen LogP contribution is 2.40. The SMILES string of the molecule is Nc1nc(C(F)(F)F)nc(C(F)(F)F)c1N=Nc1ccccc1. The van der Waals surface area contributed by atoms with Crippen molar-refractivity contribution in [1.82, 2.24) is 9.97 Å². The molecule has 0 amide bonds. The molecule has 0 atom stereocenters. The molecule has 122 valence electrons. The number of nitrogen functional groups attached to an aromatic ring is 1. The maximum atomic E-state index is 12.9. The number of alkyl halides is 6. The average molecular weight is 335 g/mol. The van der Waals surface area contributed by atoms with Gasteiger partial charge in [-0.3, -0.25) is 0 Å². The third kappa shape index (κ3) is 3.93. The fourth-order valence-corrected chi connectivity index (χ4v) is 1.50. The van der Waals surface area contributed by atoms with Gasteiger partial charge in [0.1, 0.15) is 0 Å². The van der Waals surface area contributed by atoms with Crippen molar-refractivity contribution in [3.8, 4) is 0 Å². The second kappa shape index (κ2) is 5.82. The smallest absolute Gasteiger partial charge is 0.382 e. The second-order valence-corrected chi connectivity index (χ2v) is 4.16. The van der Waals surface area contributed by atoms with E-state index < -0.39 is 35.4 Å². The summed E-state index contributed by atoms with van der Waals surface area (Å²) in [6.07, 6.45) is -10.4. The molecule has 0 saturated carbocycles. The third-order valence-corrected chi connectivity index (χ3v) is 2.45. The summed E-state index contributed by atoms with van der Waals surface area (Å²) in [5.74, 6) is -3.07. The molecule has 1 heterocycles. The van der Waals surface area contributed by atoms with Crippen LogP contribution in [0.15, 0.2) is 40.6 Å². The van der Waals surface area contributed by atoms with Gasteiger partial charge in [0, 0.05) is 0 Å². The number of hydrogen-bond acceptors (Lipinski definition) is 5. The lowest BCUT2D eigenvalue weighted by Crippen LogP contribution is -2.18. The molecule has 1 aromatic heterocycles. The van der Waals surface area contributed by atoms with E-state index in [0.29, 0.717) is 0 Å². The van der Waals surface area contributed by atoms with Gasteiger partial charge in [0.05, 0.1) is 5.69 Å². The predicted octanol–water partition coefficient (Wildman–Crippen LogP) is 4.51. The van der Waals surface area contributed by atoms with Crippen LogP contribution in [0.25, 0.3) is 0 Å². The van der Waals surface area contributed by atoms with Crippen molar-refractivity contribution in [3.05, 3.63) is 41.9 Å². The Bertz CT molecular complexity index is 723. The highest BCUT2D eigenvalue weighted by Gasteiger charge is 2.42. The molecule has 0 aliphatic carbocycles. The van der Waals surface area contributed by atoms with Crippen molar-refractivity contribution in [1.29, 1.82) is 0 Å². The number of nitrogens with zero attached hydrogens (tertiary/aromatic N) is 4. The van der Waals surface area contributed by atoms with Crippen molar-refractivity contribution < 1.29 is 26.3 Å². The van der Waals surface area contributed by atoms with Crippen molar-refractivity contribution in [2.45, 2.75) is 12.4 Å². The number of hydrogen-bond donors (Lipinski definition) is 1. The minimum absolute atomic E-state index is 0.180. The van der Waals surface area contributed by atoms with Crippen molar-refractivity contribution in [2.24, 2.45) is 10.2 Å². The summed E-state index contributed by atoms with van der Waals surface area (Å²) in [5.41, 5.74) is 2.38. The molecule has 23 heavy (non-hydrogen) atoms. The first kappa shape index (κ1) is 16.6. The van der Waals surface area contributed by atoms with Gasteiger partial charge in [-0.15, -0.1) is 5.11 Å². The maximum absolute atomic E-state index is 12.9. The zero-order valence-electron chi connectivity index (χ0n) is 11.0. The van der Waals surface area contributed by atoms with E-state index in [1.807, 2.05) is 0 Å². The summed E-state index contributed by atoms with van der Waals surface area (Å²) >= 11 is 0. The van der Waals surface area contributed by atoms with Crippen LogP contribution < -0.4 is 5.73 Å². The second-order valence-electron chi connectivity index (χ2n) is 4.16. The number of nitrogens with two attached hydrogens (primary N) is 1. The molecule has 2 N–H and O–H groups in total. The molecule has 0 spiro atoms.